The fourth-order valence-corrected chi connectivity index (χ4v) is 6.40. The Balaban J connectivity index is 0.00000182. The summed E-state index contributed by atoms with van der Waals surface area (Å²) in [6.07, 6.45) is 8.44. The molecule has 2 aliphatic heterocycles. The minimum atomic E-state index is -3.38. The molecule has 0 aliphatic carbocycles. The summed E-state index contributed by atoms with van der Waals surface area (Å²) in [4.78, 5) is 14.9. The lowest BCUT2D eigenvalue weighted by molar-refractivity contribution is -0.136. The summed E-state index contributed by atoms with van der Waals surface area (Å²) in [7, 11) is -3.38. The molecule has 3 heterocycles. The number of carbonyl (C=O) groups is 1. The first kappa shape index (κ1) is 24.1. The summed E-state index contributed by atoms with van der Waals surface area (Å²) in [5.41, 5.74) is 0. The molecule has 156 valence electrons. The lowest BCUT2D eigenvalue weighted by atomic mass is 9.96. The van der Waals surface area contributed by atoms with Gasteiger partial charge in [0.25, 0.3) is 10.0 Å². The van der Waals surface area contributed by atoms with E-state index in [1.807, 2.05) is 4.90 Å². The maximum atomic E-state index is 12.9. The van der Waals surface area contributed by atoms with Crippen molar-refractivity contribution < 1.29 is 13.2 Å². The number of amides is 1. The molecule has 2 fully saturated rings. The van der Waals surface area contributed by atoms with Crippen molar-refractivity contribution in [3.8, 4) is 0 Å². The quantitative estimate of drug-likeness (QED) is 0.723. The number of nitrogens with zero attached hydrogens (tertiary/aromatic N) is 2. The highest BCUT2D eigenvalue weighted by atomic mass is 32.2. The van der Waals surface area contributed by atoms with Crippen LogP contribution in [0, 0.1) is 5.92 Å². The van der Waals surface area contributed by atoms with E-state index in [4.69, 9.17) is 0 Å². The Hall–Kier alpha value is -0.920. The van der Waals surface area contributed by atoms with Crippen molar-refractivity contribution in [2.24, 2.45) is 5.92 Å². The van der Waals surface area contributed by atoms with Gasteiger partial charge in [-0.15, -0.1) is 11.3 Å². The maximum absolute atomic E-state index is 12.9. The first-order valence-electron chi connectivity index (χ1n) is 9.41. The molecule has 0 aromatic carbocycles. The number of thiophene rings is 1. The third-order valence-corrected chi connectivity index (χ3v) is 8.58. The van der Waals surface area contributed by atoms with Gasteiger partial charge in [-0.3, -0.25) is 4.79 Å². The molecule has 2 saturated heterocycles. The van der Waals surface area contributed by atoms with Crippen LogP contribution in [-0.2, 0) is 14.8 Å². The Labute approximate surface area is 169 Å². The smallest absolute Gasteiger partial charge is 0.252 e. The summed E-state index contributed by atoms with van der Waals surface area (Å²) in [5.74, 6) is 0.227. The molecule has 3 rings (SSSR count). The average Bonchev–Trinajstić information content (AvgIpc) is 3.20. The van der Waals surface area contributed by atoms with E-state index in [-0.39, 0.29) is 26.7 Å². The Kier molecular flexibility index (Phi) is 9.98. The van der Waals surface area contributed by atoms with Gasteiger partial charge in [0.1, 0.15) is 4.21 Å². The van der Waals surface area contributed by atoms with Crippen LogP contribution in [0.25, 0.3) is 0 Å². The topological polar surface area (TPSA) is 57.7 Å². The molecule has 0 spiro atoms. The van der Waals surface area contributed by atoms with Crippen LogP contribution >= 0.6 is 11.3 Å². The molecule has 7 heteroatoms. The van der Waals surface area contributed by atoms with Crippen molar-refractivity contribution in [3.63, 3.8) is 0 Å². The lowest BCUT2D eigenvalue weighted by Crippen LogP contribution is -2.44. The fraction of sp³-hybridized carbons (Fsp3) is 0.750. The number of hydrogen-bond donors (Lipinski definition) is 0. The maximum Gasteiger partial charge on any atom is 0.252 e. The molecule has 27 heavy (non-hydrogen) atoms. The van der Waals surface area contributed by atoms with E-state index in [9.17, 15) is 13.2 Å². The van der Waals surface area contributed by atoms with Gasteiger partial charge in [-0.05, 0) is 37.1 Å². The second-order valence-corrected chi connectivity index (χ2v) is 10.2. The molecule has 1 amide bonds. The van der Waals surface area contributed by atoms with Crippen molar-refractivity contribution >= 4 is 27.3 Å². The third kappa shape index (κ3) is 6.03. The molecule has 1 aromatic rings. The zero-order chi connectivity index (χ0) is 17.7. The minimum Gasteiger partial charge on any atom is -0.342 e. The number of piperidine rings is 1. The Morgan fingerprint density at radius 2 is 1.48 bits per heavy atom. The largest absolute Gasteiger partial charge is 0.342 e. The highest BCUT2D eigenvalue weighted by Crippen LogP contribution is 2.27. The second kappa shape index (κ2) is 11.2. The van der Waals surface area contributed by atoms with Crippen LogP contribution < -0.4 is 0 Å². The van der Waals surface area contributed by atoms with Crippen LogP contribution in [-0.4, -0.2) is 49.7 Å². The lowest BCUT2D eigenvalue weighted by Gasteiger charge is -2.33. The zero-order valence-electron chi connectivity index (χ0n) is 14.7. The summed E-state index contributed by atoms with van der Waals surface area (Å²) in [5, 5.41) is 1.79. The highest BCUT2D eigenvalue weighted by Gasteiger charge is 2.34. The second-order valence-electron chi connectivity index (χ2n) is 7.06. The monoisotopic (exact) mass is 416 g/mol. The summed E-state index contributed by atoms with van der Waals surface area (Å²) in [6.45, 7) is 2.63. The summed E-state index contributed by atoms with van der Waals surface area (Å²) >= 11 is 1.25. The van der Waals surface area contributed by atoms with Crippen molar-refractivity contribution in [2.45, 2.75) is 70.4 Å². The molecule has 0 bridgehead atoms. The molecule has 0 atom stereocenters. The molecule has 0 N–H and O–H groups in total. The standard InChI is InChI=1S/C18H28N2O3S2.2CH4/c21-18(19-11-5-3-1-2-4-6-12-19)16-9-13-20(14-10-16)25(22,23)17-8-7-15-24-17;;/h7-8,15-16H,1-6,9-14H2;2*1H4. The minimum absolute atomic E-state index is 0. The average molecular weight is 417 g/mol. The summed E-state index contributed by atoms with van der Waals surface area (Å²) < 4.78 is 27.1. The zero-order valence-corrected chi connectivity index (χ0v) is 16.4. The van der Waals surface area contributed by atoms with Crippen LogP contribution in [0.3, 0.4) is 0 Å². The Morgan fingerprint density at radius 3 is 2.00 bits per heavy atom. The van der Waals surface area contributed by atoms with Gasteiger partial charge in [-0.25, -0.2) is 8.42 Å². The van der Waals surface area contributed by atoms with Crippen LogP contribution in [0.2, 0.25) is 0 Å². The molecule has 0 saturated carbocycles. The van der Waals surface area contributed by atoms with Gasteiger partial charge in [0.05, 0.1) is 0 Å². The van der Waals surface area contributed by atoms with Crippen LogP contribution in [0.15, 0.2) is 21.7 Å². The molecular weight excluding hydrogens is 380 g/mol. The molecular formula is C20H36N2O3S2. The Bertz CT molecular complexity index is 641. The molecule has 1 aromatic heterocycles. The van der Waals surface area contributed by atoms with Crippen LogP contribution in [0.5, 0.6) is 0 Å². The van der Waals surface area contributed by atoms with Gasteiger partial charge in [0, 0.05) is 32.1 Å². The van der Waals surface area contributed by atoms with Crippen LogP contribution in [0.1, 0.15) is 66.2 Å². The van der Waals surface area contributed by atoms with Crippen molar-refractivity contribution in [1.82, 2.24) is 9.21 Å². The number of hydrogen-bond acceptors (Lipinski definition) is 4. The fourth-order valence-electron chi connectivity index (χ4n) is 3.78. The van der Waals surface area contributed by atoms with Crippen LogP contribution in [0.4, 0.5) is 0 Å². The van der Waals surface area contributed by atoms with Crippen molar-refractivity contribution in [3.05, 3.63) is 17.5 Å². The van der Waals surface area contributed by atoms with E-state index in [1.54, 1.807) is 21.8 Å². The highest BCUT2D eigenvalue weighted by molar-refractivity contribution is 7.91. The first-order chi connectivity index (χ1) is 12.1. The number of rotatable bonds is 3. The van der Waals surface area contributed by atoms with Crippen molar-refractivity contribution in [2.75, 3.05) is 26.2 Å². The third-order valence-electron chi connectivity index (χ3n) is 5.31. The van der Waals surface area contributed by atoms with Gasteiger partial charge in [-0.2, -0.15) is 4.31 Å². The van der Waals surface area contributed by atoms with Gasteiger partial charge < -0.3 is 4.90 Å². The summed E-state index contributed by atoms with van der Waals surface area (Å²) in [6, 6.07) is 3.42. The van der Waals surface area contributed by atoms with Gasteiger partial charge in [-0.1, -0.05) is 46.6 Å². The van der Waals surface area contributed by atoms with E-state index in [0.29, 0.717) is 30.1 Å². The van der Waals surface area contributed by atoms with Gasteiger partial charge in [0.2, 0.25) is 5.91 Å². The van der Waals surface area contributed by atoms with E-state index in [1.165, 1.54) is 37.0 Å². The van der Waals surface area contributed by atoms with E-state index in [2.05, 4.69) is 0 Å². The molecule has 0 unspecified atom stereocenters. The molecule has 2 aliphatic rings. The predicted molar refractivity (Wildman–Crippen MR) is 114 cm³/mol. The molecule has 5 nitrogen and oxygen atoms in total. The van der Waals surface area contributed by atoms with Crippen molar-refractivity contribution in [1.29, 1.82) is 0 Å². The normalized spacial score (nSPS) is 20.5. The van der Waals surface area contributed by atoms with E-state index >= 15 is 0 Å². The molecule has 0 radical (unpaired) electrons. The predicted octanol–water partition coefficient (Wildman–Crippen LogP) is 4.60. The first-order valence-corrected chi connectivity index (χ1v) is 11.7. The van der Waals surface area contributed by atoms with Gasteiger partial charge >= 0.3 is 0 Å². The Morgan fingerprint density at radius 1 is 0.926 bits per heavy atom. The van der Waals surface area contributed by atoms with Gasteiger partial charge in [0.15, 0.2) is 0 Å². The van der Waals surface area contributed by atoms with E-state index in [0.717, 1.165) is 25.9 Å². The SMILES string of the molecule is C.C.O=C(C1CCN(S(=O)(=O)c2cccs2)CC1)N1CCCCCCCC1. The number of carbonyl (C=O) groups excluding carboxylic acids is 1. The van der Waals surface area contributed by atoms with E-state index < -0.39 is 10.0 Å². The number of sulfonamides is 1.